The van der Waals surface area contributed by atoms with Crippen molar-refractivity contribution in [3.05, 3.63) is 70.2 Å². The van der Waals surface area contributed by atoms with Crippen LogP contribution in [0.5, 0.6) is 0 Å². The Kier molecular flexibility index (Phi) is 3.01. The number of carbonyl (C=O) groups is 1. The molecule has 3 rings (SSSR count). The van der Waals surface area contributed by atoms with E-state index in [0.717, 1.165) is 24.3 Å². The maximum absolute atomic E-state index is 12.9. The molecular weight excluding hydrogens is 302 g/mol. The van der Waals surface area contributed by atoms with Gasteiger partial charge in [-0.05, 0) is 36.4 Å². The number of halogens is 4. The van der Waals surface area contributed by atoms with Crippen molar-refractivity contribution < 1.29 is 27.1 Å². The predicted octanol–water partition coefficient (Wildman–Crippen LogP) is 3.67. The molecule has 0 bridgehead atoms. The van der Waals surface area contributed by atoms with Gasteiger partial charge in [0.05, 0.1) is 11.1 Å². The molecule has 1 aliphatic rings. The zero-order chi connectivity index (χ0) is 16.1. The number of hydrogen-bond acceptors (Lipinski definition) is 2. The molecule has 0 radical (unpaired) electrons. The van der Waals surface area contributed by atoms with Crippen LogP contribution >= 0.6 is 0 Å². The third-order valence-corrected chi connectivity index (χ3v) is 3.32. The van der Waals surface area contributed by atoms with Crippen LogP contribution in [0.4, 0.5) is 23.2 Å². The van der Waals surface area contributed by atoms with Gasteiger partial charge < -0.3 is 5.21 Å². The highest BCUT2D eigenvalue weighted by Crippen LogP contribution is 2.35. The molecule has 0 fully saturated rings. The van der Waals surface area contributed by atoms with Gasteiger partial charge in [0.15, 0.2) is 0 Å². The summed E-state index contributed by atoms with van der Waals surface area (Å²) in [6.45, 7) is 0. The third kappa shape index (κ3) is 2.14. The molecule has 112 valence electrons. The fourth-order valence-electron chi connectivity index (χ4n) is 2.27. The second-order valence-electron chi connectivity index (χ2n) is 4.71. The predicted molar refractivity (Wildman–Crippen MR) is 69.6 cm³/mol. The quantitative estimate of drug-likeness (QED) is 0.458. The molecule has 0 saturated carbocycles. The number of Topliss-reactive ketones (excluding diaryl/α,β-unsaturated/α-hetero) is 1. The molecular formula is C15H7F4NO2. The van der Waals surface area contributed by atoms with Gasteiger partial charge in [-0.25, -0.2) is 4.39 Å². The van der Waals surface area contributed by atoms with Crippen molar-refractivity contribution in [2.75, 3.05) is 0 Å². The highest BCUT2D eigenvalue weighted by molar-refractivity contribution is 6.52. The third-order valence-electron chi connectivity index (χ3n) is 3.32. The van der Waals surface area contributed by atoms with E-state index in [1.807, 2.05) is 0 Å². The molecule has 22 heavy (non-hydrogen) atoms. The zero-order valence-corrected chi connectivity index (χ0v) is 10.8. The second kappa shape index (κ2) is 4.66. The van der Waals surface area contributed by atoms with Crippen LogP contribution < -0.4 is 0 Å². The lowest BCUT2D eigenvalue weighted by atomic mass is 10.0. The summed E-state index contributed by atoms with van der Waals surface area (Å²) in [5, 5.41) is 12.1. The van der Waals surface area contributed by atoms with Crippen LogP contribution in [0.2, 0.25) is 0 Å². The van der Waals surface area contributed by atoms with Gasteiger partial charge in [0.25, 0.3) is 11.5 Å². The van der Waals surface area contributed by atoms with Crippen molar-refractivity contribution in [2.24, 2.45) is 0 Å². The van der Waals surface area contributed by atoms with E-state index in [-0.39, 0.29) is 27.3 Å². The number of hydrogen-bond donors (Lipinski definition) is 0. The Morgan fingerprint density at radius 2 is 1.64 bits per heavy atom. The van der Waals surface area contributed by atoms with E-state index in [0.29, 0.717) is 6.07 Å². The molecule has 0 spiro atoms. The summed E-state index contributed by atoms with van der Waals surface area (Å²) >= 11 is 0. The van der Waals surface area contributed by atoms with E-state index in [1.54, 1.807) is 0 Å². The Morgan fingerprint density at radius 1 is 1.00 bits per heavy atom. The Hall–Kier alpha value is -2.70. The minimum atomic E-state index is -4.61. The van der Waals surface area contributed by atoms with Crippen LogP contribution in [0.3, 0.4) is 0 Å². The topological polar surface area (TPSA) is 43.1 Å². The molecule has 0 saturated heterocycles. The first-order chi connectivity index (χ1) is 10.3. The molecule has 0 N–H and O–H groups in total. The van der Waals surface area contributed by atoms with Gasteiger partial charge in [-0.3, -0.25) is 4.79 Å². The molecule has 1 heterocycles. The first kappa shape index (κ1) is 14.2. The van der Waals surface area contributed by atoms with Crippen molar-refractivity contribution in [2.45, 2.75) is 6.18 Å². The first-order valence-corrected chi connectivity index (χ1v) is 6.15. The fraction of sp³-hybridized carbons (Fsp3) is 0.0667. The molecule has 0 aliphatic carbocycles. The van der Waals surface area contributed by atoms with E-state index < -0.39 is 23.3 Å². The normalized spacial score (nSPS) is 14.5. The van der Waals surface area contributed by atoms with E-state index in [1.165, 1.54) is 12.1 Å². The number of rotatable bonds is 1. The maximum atomic E-state index is 12.9. The van der Waals surface area contributed by atoms with Gasteiger partial charge in [0.2, 0.25) is 5.69 Å². The molecule has 2 aromatic rings. The molecule has 3 nitrogen and oxygen atoms in total. The Bertz CT molecular complexity index is 807. The van der Waals surface area contributed by atoms with Crippen molar-refractivity contribution in [1.82, 2.24) is 0 Å². The fourth-order valence-corrected chi connectivity index (χ4v) is 2.27. The summed E-state index contributed by atoms with van der Waals surface area (Å²) in [5.74, 6) is -1.37. The number of nitrogens with zero attached hydrogens (tertiary/aromatic N) is 1. The highest BCUT2D eigenvalue weighted by Gasteiger charge is 2.40. The Morgan fingerprint density at radius 3 is 2.23 bits per heavy atom. The van der Waals surface area contributed by atoms with Gasteiger partial charge in [-0.2, -0.15) is 17.9 Å². The summed E-state index contributed by atoms with van der Waals surface area (Å²) in [6, 6.07) is 6.93. The molecule has 0 unspecified atom stereocenters. The highest BCUT2D eigenvalue weighted by atomic mass is 19.4. The van der Waals surface area contributed by atoms with Gasteiger partial charge in [-0.15, -0.1) is 0 Å². The summed E-state index contributed by atoms with van der Waals surface area (Å²) in [4.78, 5) is 12.2. The maximum Gasteiger partial charge on any atom is 0.416 e. The smallest absolute Gasteiger partial charge is 0.416 e. The molecule has 0 atom stereocenters. The monoisotopic (exact) mass is 309 g/mol. The van der Waals surface area contributed by atoms with Crippen LogP contribution in [0.15, 0.2) is 42.5 Å². The molecule has 2 aromatic carbocycles. The van der Waals surface area contributed by atoms with Crippen molar-refractivity contribution in [1.29, 1.82) is 0 Å². The summed E-state index contributed by atoms with van der Waals surface area (Å²) in [5.41, 5.74) is -1.66. The van der Waals surface area contributed by atoms with Crippen molar-refractivity contribution >= 4 is 17.2 Å². The lowest BCUT2D eigenvalue weighted by Gasteiger charge is -2.06. The summed E-state index contributed by atoms with van der Waals surface area (Å²) in [7, 11) is 0. The largest absolute Gasteiger partial charge is 0.618 e. The Balaban J connectivity index is 2.11. The van der Waals surface area contributed by atoms with Crippen LogP contribution in [0, 0.1) is 11.0 Å². The second-order valence-corrected chi connectivity index (χ2v) is 4.71. The van der Waals surface area contributed by atoms with Crippen LogP contribution in [-0.4, -0.2) is 16.2 Å². The first-order valence-electron chi connectivity index (χ1n) is 6.15. The van der Waals surface area contributed by atoms with Crippen LogP contribution in [0.1, 0.15) is 21.5 Å². The summed E-state index contributed by atoms with van der Waals surface area (Å²) in [6.07, 6.45) is -4.61. The zero-order valence-electron chi connectivity index (χ0n) is 10.8. The SMILES string of the molecule is O=C1C(c2ccc(F)cc2)=[N+]([O-])c2ccc(C(F)(F)F)cc21. The number of benzene rings is 2. The Labute approximate surface area is 121 Å². The molecule has 0 amide bonds. The van der Waals surface area contributed by atoms with Crippen molar-refractivity contribution in [3.63, 3.8) is 0 Å². The van der Waals surface area contributed by atoms with E-state index in [9.17, 15) is 27.6 Å². The van der Waals surface area contributed by atoms with E-state index >= 15 is 0 Å². The average molecular weight is 309 g/mol. The molecule has 1 aliphatic heterocycles. The van der Waals surface area contributed by atoms with Crippen LogP contribution in [-0.2, 0) is 6.18 Å². The standard InChI is InChI=1S/C15H7F4NO2/c16-10-4-1-8(2-5-10)13-14(21)11-7-9(15(17,18)19)3-6-12(11)20(13)22/h1-7H. The minimum Gasteiger partial charge on any atom is -0.618 e. The molecule has 0 aromatic heterocycles. The lowest BCUT2D eigenvalue weighted by molar-refractivity contribution is -0.355. The lowest BCUT2D eigenvalue weighted by Crippen LogP contribution is -2.16. The van der Waals surface area contributed by atoms with Crippen molar-refractivity contribution in [3.8, 4) is 0 Å². The number of fused-ring (bicyclic) bond motifs is 1. The summed E-state index contributed by atoms with van der Waals surface area (Å²) < 4.78 is 51.3. The minimum absolute atomic E-state index is 0.145. The number of ketones is 1. The molecule has 7 heteroatoms. The van der Waals surface area contributed by atoms with Gasteiger partial charge in [-0.1, -0.05) is 0 Å². The van der Waals surface area contributed by atoms with Crippen LogP contribution in [0.25, 0.3) is 0 Å². The van der Waals surface area contributed by atoms with Gasteiger partial charge in [0.1, 0.15) is 11.4 Å². The number of carbonyl (C=O) groups excluding carboxylic acids is 1. The average Bonchev–Trinajstić information content (AvgIpc) is 2.71. The van der Waals surface area contributed by atoms with Gasteiger partial charge >= 0.3 is 6.18 Å². The van der Waals surface area contributed by atoms with Gasteiger partial charge in [0, 0.05) is 6.07 Å². The number of alkyl halides is 3. The van der Waals surface area contributed by atoms with E-state index in [4.69, 9.17) is 0 Å². The van der Waals surface area contributed by atoms with E-state index in [2.05, 4.69) is 0 Å².